The Bertz CT molecular complexity index is 831. The molecule has 4 fully saturated rings. The van der Waals surface area contributed by atoms with Crippen LogP contribution in [0.2, 0.25) is 0 Å². The Morgan fingerprint density at radius 3 is 2.30 bits per heavy atom. The average Bonchev–Trinajstić information content (AvgIpc) is 3.18. The van der Waals surface area contributed by atoms with Crippen molar-refractivity contribution in [1.29, 1.82) is 0 Å². The smallest absolute Gasteiger partial charge is 0.309 e. The number of cyclic esters (lactones) is 1. The standard InChI is InChI=1S/C30H52O7/c1-16(25(32)26(33)17(2)28(3,4)36-8)19-9-10-20-18-15-37-27(34)22-13-23(31)24(35-7)14-30(22,6)21(18)11-12-29(19,20)5/h16-26,31-33H,9-15H2,1-8H3/t16-,17+,18-,19+,20-,21-,22?,23-,24+,25+,26+,29+,30+/m0/s1. The molecule has 7 heteroatoms. The molecule has 1 saturated heterocycles. The fraction of sp³-hybridized carbons (Fsp3) is 0.967. The molecule has 0 aromatic carbocycles. The van der Waals surface area contributed by atoms with Gasteiger partial charge in [0.25, 0.3) is 0 Å². The van der Waals surface area contributed by atoms with E-state index in [1.54, 1.807) is 14.2 Å². The van der Waals surface area contributed by atoms with E-state index in [1.807, 2.05) is 20.8 Å². The predicted octanol–water partition coefficient (Wildman–Crippen LogP) is 3.81. The van der Waals surface area contributed by atoms with Crippen molar-refractivity contribution < 1.29 is 34.3 Å². The first kappa shape index (κ1) is 29.3. The van der Waals surface area contributed by atoms with Crippen molar-refractivity contribution in [2.24, 2.45) is 52.3 Å². The van der Waals surface area contributed by atoms with Crippen LogP contribution in [-0.4, -0.2) is 72.1 Å². The van der Waals surface area contributed by atoms with Gasteiger partial charge in [-0.1, -0.05) is 27.7 Å². The van der Waals surface area contributed by atoms with Gasteiger partial charge < -0.3 is 29.5 Å². The summed E-state index contributed by atoms with van der Waals surface area (Å²) in [6, 6.07) is 0. The molecule has 1 heterocycles. The van der Waals surface area contributed by atoms with Crippen LogP contribution in [0.25, 0.3) is 0 Å². The second-order valence-electron chi connectivity index (χ2n) is 14.0. The molecule has 1 unspecified atom stereocenters. The Morgan fingerprint density at radius 1 is 1.03 bits per heavy atom. The first-order valence-corrected chi connectivity index (χ1v) is 14.5. The fourth-order valence-electron chi connectivity index (χ4n) is 9.35. The number of carbonyl (C=O) groups is 1. The van der Waals surface area contributed by atoms with E-state index in [0.717, 1.165) is 25.7 Å². The number of hydrogen-bond donors (Lipinski definition) is 3. The number of methoxy groups -OCH3 is 2. The number of hydrogen-bond acceptors (Lipinski definition) is 7. The fourth-order valence-corrected chi connectivity index (χ4v) is 9.35. The molecule has 37 heavy (non-hydrogen) atoms. The van der Waals surface area contributed by atoms with Crippen molar-refractivity contribution in [3.05, 3.63) is 0 Å². The molecule has 3 saturated carbocycles. The molecule has 0 bridgehead atoms. The van der Waals surface area contributed by atoms with Crippen LogP contribution in [-0.2, 0) is 19.0 Å². The van der Waals surface area contributed by atoms with Gasteiger partial charge in [0.15, 0.2) is 0 Å². The molecule has 214 valence electrons. The Balaban J connectivity index is 1.57. The van der Waals surface area contributed by atoms with Crippen molar-refractivity contribution in [1.82, 2.24) is 0 Å². The van der Waals surface area contributed by atoms with E-state index in [9.17, 15) is 20.1 Å². The highest BCUT2D eigenvalue weighted by molar-refractivity contribution is 5.74. The van der Waals surface area contributed by atoms with Crippen LogP contribution in [0.3, 0.4) is 0 Å². The summed E-state index contributed by atoms with van der Waals surface area (Å²) < 4.78 is 17.2. The molecule has 0 radical (unpaired) electrons. The number of fused-ring (bicyclic) bond motifs is 5. The lowest BCUT2D eigenvalue weighted by Crippen LogP contribution is -2.55. The van der Waals surface area contributed by atoms with E-state index in [-0.39, 0.29) is 52.5 Å². The van der Waals surface area contributed by atoms with Crippen LogP contribution in [0.1, 0.15) is 80.1 Å². The van der Waals surface area contributed by atoms with Crippen LogP contribution < -0.4 is 0 Å². The minimum absolute atomic E-state index is 0.0126. The van der Waals surface area contributed by atoms with Crippen LogP contribution in [0.4, 0.5) is 0 Å². The molecule has 4 rings (SSSR count). The Labute approximate surface area is 223 Å². The second-order valence-corrected chi connectivity index (χ2v) is 14.0. The minimum Gasteiger partial charge on any atom is -0.465 e. The summed E-state index contributed by atoms with van der Waals surface area (Å²) in [4.78, 5) is 13.2. The van der Waals surface area contributed by atoms with Gasteiger partial charge in [-0.25, -0.2) is 0 Å². The van der Waals surface area contributed by atoms with E-state index in [2.05, 4.69) is 20.8 Å². The summed E-state index contributed by atoms with van der Waals surface area (Å²) in [5, 5.41) is 33.1. The first-order chi connectivity index (χ1) is 17.2. The van der Waals surface area contributed by atoms with Gasteiger partial charge in [0, 0.05) is 20.1 Å². The highest BCUT2D eigenvalue weighted by atomic mass is 16.5. The number of aliphatic hydroxyl groups is 3. The zero-order valence-electron chi connectivity index (χ0n) is 24.3. The highest BCUT2D eigenvalue weighted by Gasteiger charge is 2.63. The van der Waals surface area contributed by atoms with E-state index < -0.39 is 23.9 Å². The monoisotopic (exact) mass is 524 g/mol. The molecule has 0 aromatic heterocycles. The van der Waals surface area contributed by atoms with E-state index >= 15 is 0 Å². The lowest BCUT2D eigenvalue weighted by molar-refractivity contribution is -0.164. The molecule has 0 aromatic rings. The van der Waals surface area contributed by atoms with E-state index in [0.29, 0.717) is 31.3 Å². The van der Waals surface area contributed by atoms with Gasteiger partial charge in [-0.2, -0.15) is 0 Å². The number of esters is 1. The van der Waals surface area contributed by atoms with Gasteiger partial charge in [-0.15, -0.1) is 0 Å². The molecule has 7 nitrogen and oxygen atoms in total. The third kappa shape index (κ3) is 4.69. The summed E-state index contributed by atoms with van der Waals surface area (Å²) in [5.74, 6) is 0.529. The Hall–Kier alpha value is -0.730. The first-order valence-electron chi connectivity index (χ1n) is 14.5. The summed E-state index contributed by atoms with van der Waals surface area (Å²) in [7, 11) is 3.30. The zero-order valence-corrected chi connectivity index (χ0v) is 24.3. The van der Waals surface area contributed by atoms with Crippen molar-refractivity contribution in [3.63, 3.8) is 0 Å². The van der Waals surface area contributed by atoms with Gasteiger partial charge in [0.2, 0.25) is 0 Å². The largest absolute Gasteiger partial charge is 0.465 e. The minimum atomic E-state index is -0.873. The number of aliphatic hydroxyl groups excluding tert-OH is 3. The number of carbonyl (C=O) groups excluding carboxylic acids is 1. The number of ether oxygens (including phenoxy) is 3. The third-order valence-corrected chi connectivity index (χ3v) is 12.4. The van der Waals surface area contributed by atoms with E-state index in [4.69, 9.17) is 14.2 Å². The molecular weight excluding hydrogens is 472 g/mol. The third-order valence-electron chi connectivity index (χ3n) is 12.4. The maximum absolute atomic E-state index is 13.2. The quantitative estimate of drug-likeness (QED) is 0.435. The van der Waals surface area contributed by atoms with Crippen molar-refractivity contribution in [2.75, 3.05) is 20.8 Å². The normalized spacial score (nSPS) is 45.5. The van der Waals surface area contributed by atoms with Crippen LogP contribution in [0, 0.1) is 52.3 Å². The topological polar surface area (TPSA) is 105 Å². The molecule has 3 N–H and O–H groups in total. The molecule has 4 aliphatic rings. The molecule has 0 spiro atoms. The van der Waals surface area contributed by atoms with Crippen LogP contribution >= 0.6 is 0 Å². The summed E-state index contributed by atoms with van der Waals surface area (Å²) in [6.45, 7) is 13.0. The zero-order chi connectivity index (χ0) is 27.5. The molecule has 3 aliphatic carbocycles. The van der Waals surface area contributed by atoms with Gasteiger partial charge >= 0.3 is 5.97 Å². The van der Waals surface area contributed by atoms with Gasteiger partial charge in [-0.05, 0) is 92.8 Å². The van der Waals surface area contributed by atoms with Crippen molar-refractivity contribution in [2.45, 2.75) is 110 Å². The molecule has 1 aliphatic heterocycles. The maximum Gasteiger partial charge on any atom is 0.309 e. The van der Waals surface area contributed by atoms with Crippen LogP contribution in [0.5, 0.6) is 0 Å². The van der Waals surface area contributed by atoms with Gasteiger partial charge in [0.1, 0.15) is 0 Å². The lowest BCUT2D eigenvalue weighted by Gasteiger charge is -2.56. The molecular formula is C30H52O7. The Morgan fingerprint density at radius 2 is 1.68 bits per heavy atom. The van der Waals surface area contributed by atoms with Crippen LogP contribution in [0.15, 0.2) is 0 Å². The Kier molecular flexibility index (Phi) is 8.18. The second kappa shape index (κ2) is 10.3. The van der Waals surface area contributed by atoms with Crippen molar-refractivity contribution >= 4 is 5.97 Å². The lowest BCUT2D eigenvalue weighted by atomic mass is 9.48. The van der Waals surface area contributed by atoms with Gasteiger partial charge in [0.05, 0.1) is 42.5 Å². The SMILES string of the molecule is CO[C@@H]1C[C@@]2(C)C(C[C@@H]1O)C(=O)OC[C@H]1[C@@H]3CC[C@H]([C@H](C)[C@@H](O)[C@H](O)[C@@H](C)C(C)(C)OC)[C@@]3(C)CC[C@@H]12. The summed E-state index contributed by atoms with van der Waals surface area (Å²) >= 11 is 0. The highest BCUT2D eigenvalue weighted by Crippen LogP contribution is 2.66. The average molecular weight is 525 g/mol. The molecule has 13 atom stereocenters. The van der Waals surface area contributed by atoms with E-state index in [1.165, 1.54) is 0 Å². The van der Waals surface area contributed by atoms with Crippen molar-refractivity contribution in [3.8, 4) is 0 Å². The number of rotatable bonds is 7. The summed E-state index contributed by atoms with van der Waals surface area (Å²) in [6.07, 6.45) is 2.55. The summed E-state index contributed by atoms with van der Waals surface area (Å²) in [5.41, 5.74) is -0.789. The maximum atomic E-state index is 13.2. The molecule has 0 amide bonds. The predicted molar refractivity (Wildman–Crippen MR) is 141 cm³/mol. The van der Waals surface area contributed by atoms with Gasteiger partial charge in [-0.3, -0.25) is 4.79 Å².